The van der Waals surface area contributed by atoms with Gasteiger partial charge in [-0.3, -0.25) is 0 Å². The van der Waals surface area contributed by atoms with E-state index in [1.54, 1.807) is 25.3 Å². The highest BCUT2D eigenvalue weighted by atomic mass is 79.9. The lowest BCUT2D eigenvalue weighted by Crippen LogP contribution is -2.10. The van der Waals surface area contributed by atoms with Crippen molar-refractivity contribution in [3.63, 3.8) is 0 Å². The fourth-order valence-corrected chi connectivity index (χ4v) is 2.88. The van der Waals surface area contributed by atoms with Crippen molar-refractivity contribution in [2.75, 3.05) is 7.11 Å². The molecule has 1 atom stereocenters. The molecule has 0 spiro atoms. The maximum Gasteiger partial charge on any atom is 0.416 e. The molecule has 1 nitrogen and oxygen atoms in total. The molecule has 0 radical (unpaired) electrons. The van der Waals surface area contributed by atoms with E-state index >= 15 is 0 Å². The molecule has 0 aliphatic heterocycles. The van der Waals surface area contributed by atoms with Crippen LogP contribution in [0.5, 0.6) is 5.75 Å². The standard InChI is InChI=1S/C16H14BrF3O/c1-21-12-8-6-11(7-9-12)10-15(17)13-4-2-3-5-14(13)16(18,19)20/h2-9,15H,10H2,1H3. The van der Waals surface area contributed by atoms with Crippen molar-refractivity contribution in [1.29, 1.82) is 0 Å². The second-order valence-corrected chi connectivity index (χ2v) is 5.71. The predicted octanol–water partition coefficient (Wildman–Crippen LogP) is 5.39. The third kappa shape index (κ3) is 4.00. The zero-order valence-corrected chi connectivity index (χ0v) is 12.9. The van der Waals surface area contributed by atoms with E-state index in [2.05, 4.69) is 15.9 Å². The van der Waals surface area contributed by atoms with Gasteiger partial charge in [-0.15, -0.1) is 0 Å². The van der Waals surface area contributed by atoms with Gasteiger partial charge in [-0.2, -0.15) is 13.2 Å². The Balaban J connectivity index is 2.22. The van der Waals surface area contributed by atoms with Gasteiger partial charge in [0.2, 0.25) is 0 Å². The molecule has 0 saturated heterocycles. The van der Waals surface area contributed by atoms with Crippen molar-refractivity contribution in [3.05, 3.63) is 65.2 Å². The molecule has 0 N–H and O–H groups in total. The first kappa shape index (κ1) is 15.9. The summed E-state index contributed by atoms with van der Waals surface area (Å²) in [7, 11) is 1.57. The number of benzene rings is 2. The molecule has 21 heavy (non-hydrogen) atoms. The van der Waals surface area contributed by atoms with E-state index in [1.165, 1.54) is 12.1 Å². The Hall–Kier alpha value is -1.49. The third-order valence-corrected chi connectivity index (χ3v) is 3.99. The lowest BCUT2D eigenvalue weighted by atomic mass is 9.99. The molecular weight excluding hydrogens is 345 g/mol. The van der Waals surface area contributed by atoms with Crippen molar-refractivity contribution < 1.29 is 17.9 Å². The average molecular weight is 359 g/mol. The number of ether oxygens (including phenoxy) is 1. The summed E-state index contributed by atoms with van der Waals surface area (Å²) in [5.41, 5.74) is 0.593. The first-order valence-corrected chi connectivity index (χ1v) is 7.26. The molecule has 112 valence electrons. The van der Waals surface area contributed by atoms with Gasteiger partial charge in [0, 0.05) is 4.83 Å². The van der Waals surface area contributed by atoms with E-state index < -0.39 is 16.6 Å². The summed E-state index contributed by atoms with van der Waals surface area (Å²) in [6.45, 7) is 0. The van der Waals surface area contributed by atoms with Crippen LogP contribution in [0.1, 0.15) is 21.5 Å². The molecule has 0 amide bonds. The minimum absolute atomic E-state index is 0.251. The number of halogens is 4. The molecule has 0 aliphatic carbocycles. The molecule has 0 bridgehead atoms. The monoisotopic (exact) mass is 358 g/mol. The second kappa shape index (κ2) is 6.52. The smallest absolute Gasteiger partial charge is 0.416 e. The maximum absolute atomic E-state index is 13.0. The van der Waals surface area contributed by atoms with Crippen LogP contribution in [-0.2, 0) is 12.6 Å². The predicted molar refractivity (Wildman–Crippen MR) is 79.8 cm³/mol. The molecule has 0 aromatic heterocycles. The van der Waals surface area contributed by atoms with Crippen LogP contribution in [0.15, 0.2) is 48.5 Å². The zero-order chi connectivity index (χ0) is 15.5. The van der Waals surface area contributed by atoms with Crippen LogP contribution in [0.4, 0.5) is 13.2 Å². The highest BCUT2D eigenvalue weighted by Crippen LogP contribution is 2.38. The van der Waals surface area contributed by atoms with Gasteiger partial charge in [0.05, 0.1) is 12.7 Å². The first-order valence-electron chi connectivity index (χ1n) is 6.35. The fourth-order valence-electron chi connectivity index (χ4n) is 2.11. The first-order chi connectivity index (χ1) is 9.91. The molecule has 0 heterocycles. The van der Waals surface area contributed by atoms with Crippen molar-refractivity contribution in [3.8, 4) is 5.75 Å². The number of hydrogen-bond donors (Lipinski definition) is 0. The van der Waals surface area contributed by atoms with Crippen LogP contribution >= 0.6 is 15.9 Å². The third-order valence-electron chi connectivity index (χ3n) is 3.18. The molecule has 2 aromatic rings. The Labute approximate surface area is 129 Å². The van der Waals surface area contributed by atoms with Gasteiger partial charge < -0.3 is 4.74 Å². The van der Waals surface area contributed by atoms with E-state index in [9.17, 15) is 13.2 Å². The largest absolute Gasteiger partial charge is 0.497 e. The molecular formula is C16H14BrF3O. The molecule has 0 fully saturated rings. The van der Waals surface area contributed by atoms with Crippen LogP contribution in [0, 0.1) is 0 Å². The summed E-state index contributed by atoms with van der Waals surface area (Å²) in [5, 5.41) is 0. The van der Waals surface area contributed by atoms with Gasteiger partial charge >= 0.3 is 6.18 Å². The summed E-state index contributed by atoms with van der Waals surface area (Å²) in [4.78, 5) is -0.399. The number of hydrogen-bond acceptors (Lipinski definition) is 1. The van der Waals surface area contributed by atoms with E-state index in [-0.39, 0.29) is 5.56 Å². The van der Waals surface area contributed by atoms with Crippen LogP contribution in [0.25, 0.3) is 0 Å². The summed E-state index contributed by atoms with van der Waals surface area (Å²) >= 11 is 3.37. The number of methoxy groups -OCH3 is 1. The Kier molecular flexibility index (Phi) is 4.93. The highest BCUT2D eigenvalue weighted by Gasteiger charge is 2.34. The number of alkyl halides is 4. The van der Waals surface area contributed by atoms with Gasteiger partial charge in [0.1, 0.15) is 5.75 Å². The van der Waals surface area contributed by atoms with Crippen LogP contribution < -0.4 is 4.74 Å². The molecule has 2 aromatic carbocycles. The van der Waals surface area contributed by atoms with Crippen molar-refractivity contribution in [2.45, 2.75) is 17.4 Å². The molecule has 0 aliphatic rings. The Morgan fingerprint density at radius 2 is 1.67 bits per heavy atom. The van der Waals surface area contributed by atoms with Crippen molar-refractivity contribution in [2.24, 2.45) is 0 Å². The van der Waals surface area contributed by atoms with Gasteiger partial charge in [-0.05, 0) is 35.7 Å². The van der Waals surface area contributed by atoms with E-state index in [1.807, 2.05) is 12.1 Å². The van der Waals surface area contributed by atoms with E-state index in [0.717, 1.165) is 17.4 Å². The summed E-state index contributed by atoms with van der Waals surface area (Å²) in [6.07, 6.45) is -3.88. The molecule has 5 heteroatoms. The van der Waals surface area contributed by atoms with Gasteiger partial charge in [-0.1, -0.05) is 46.3 Å². The second-order valence-electron chi connectivity index (χ2n) is 4.60. The number of rotatable bonds is 4. The van der Waals surface area contributed by atoms with Crippen LogP contribution in [0.2, 0.25) is 0 Å². The lowest BCUT2D eigenvalue weighted by Gasteiger charge is -2.17. The summed E-state index contributed by atoms with van der Waals surface area (Å²) in [6, 6.07) is 12.9. The fraction of sp³-hybridized carbons (Fsp3) is 0.250. The lowest BCUT2D eigenvalue weighted by molar-refractivity contribution is -0.138. The SMILES string of the molecule is COc1ccc(CC(Br)c2ccccc2C(F)(F)F)cc1. The molecule has 2 rings (SSSR count). The zero-order valence-electron chi connectivity index (χ0n) is 11.3. The molecule has 0 saturated carbocycles. The normalized spacial score (nSPS) is 13.0. The van der Waals surface area contributed by atoms with Crippen molar-refractivity contribution in [1.82, 2.24) is 0 Å². The Morgan fingerprint density at radius 3 is 2.24 bits per heavy atom. The van der Waals surface area contributed by atoms with Gasteiger partial charge in [0.25, 0.3) is 0 Å². The van der Waals surface area contributed by atoms with E-state index in [4.69, 9.17) is 4.74 Å². The van der Waals surface area contributed by atoms with Gasteiger partial charge in [-0.25, -0.2) is 0 Å². The van der Waals surface area contributed by atoms with Gasteiger partial charge in [0.15, 0.2) is 0 Å². The Bertz CT molecular complexity index is 593. The highest BCUT2D eigenvalue weighted by molar-refractivity contribution is 9.09. The maximum atomic E-state index is 13.0. The topological polar surface area (TPSA) is 9.23 Å². The van der Waals surface area contributed by atoms with E-state index in [0.29, 0.717) is 6.42 Å². The summed E-state index contributed by atoms with van der Waals surface area (Å²) < 4.78 is 44.1. The minimum Gasteiger partial charge on any atom is -0.497 e. The van der Waals surface area contributed by atoms with Crippen LogP contribution in [-0.4, -0.2) is 7.11 Å². The quantitative estimate of drug-likeness (QED) is 0.665. The van der Waals surface area contributed by atoms with Crippen LogP contribution in [0.3, 0.4) is 0 Å². The average Bonchev–Trinajstić information content (AvgIpc) is 2.47. The molecule has 1 unspecified atom stereocenters. The van der Waals surface area contributed by atoms with Crippen molar-refractivity contribution >= 4 is 15.9 Å². The summed E-state index contributed by atoms with van der Waals surface area (Å²) in [5.74, 6) is 0.723. The minimum atomic E-state index is -4.34. The Morgan fingerprint density at radius 1 is 1.05 bits per heavy atom.